The number of methoxy groups -OCH3 is 1. The maximum Gasteiger partial charge on any atom is 0.416 e. The third-order valence-electron chi connectivity index (χ3n) is 4.41. The molecule has 3 rings (SSSR count). The highest BCUT2D eigenvalue weighted by Crippen LogP contribution is 2.32. The van der Waals surface area contributed by atoms with Crippen molar-refractivity contribution in [2.75, 3.05) is 7.11 Å². The molecule has 0 heterocycles. The monoisotopic (exact) mass is 390 g/mol. The largest absolute Gasteiger partial charge is 0.466 e. The van der Waals surface area contributed by atoms with Crippen LogP contribution in [-0.2, 0) is 26.9 Å². The van der Waals surface area contributed by atoms with Crippen LogP contribution in [0, 0.1) is 0 Å². The zero-order valence-corrected chi connectivity index (χ0v) is 15.0. The number of alkyl halides is 3. The van der Waals surface area contributed by atoms with E-state index in [1.807, 2.05) is 12.2 Å². The molecule has 0 spiro atoms. The van der Waals surface area contributed by atoms with Gasteiger partial charge < -0.3 is 9.47 Å². The minimum Gasteiger partial charge on any atom is -0.466 e. The molecule has 1 atom stereocenters. The maximum absolute atomic E-state index is 13.0. The van der Waals surface area contributed by atoms with Crippen LogP contribution in [0.3, 0.4) is 0 Å². The Hall–Kier alpha value is -3.09. The molecule has 0 aliphatic heterocycles. The van der Waals surface area contributed by atoms with Crippen LogP contribution in [0.25, 0.3) is 6.08 Å². The Morgan fingerprint density at radius 3 is 2.61 bits per heavy atom. The second-order valence-corrected chi connectivity index (χ2v) is 6.29. The van der Waals surface area contributed by atoms with Gasteiger partial charge in [0.2, 0.25) is 6.10 Å². The molecular weight excluding hydrogens is 373 g/mol. The van der Waals surface area contributed by atoms with E-state index in [9.17, 15) is 22.8 Å². The van der Waals surface area contributed by atoms with Gasteiger partial charge in [-0.1, -0.05) is 30.4 Å². The third kappa shape index (κ3) is 4.24. The van der Waals surface area contributed by atoms with Gasteiger partial charge in [0, 0.05) is 5.56 Å². The summed E-state index contributed by atoms with van der Waals surface area (Å²) in [7, 11) is 1.07. The standard InChI is InChI=1S/C21H17F3O4/c1-27-20(26)18(15-7-4-8-17(12-15)21(22,23)24)28-19(25)16-10-9-13-5-2-3-6-14(13)11-16/h2,4-5,7-12,18H,3,6H2,1H3. The summed E-state index contributed by atoms with van der Waals surface area (Å²) < 4.78 is 48.8. The van der Waals surface area contributed by atoms with Crippen molar-refractivity contribution in [2.45, 2.75) is 25.1 Å². The number of carbonyl (C=O) groups is 2. The highest BCUT2D eigenvalue weighted by molar-refractivity contribution is 5.92. The number of aryl methyl sites for hydroxylation is 1. The summed E-state index contributed by atoms with van der Waals surface area (Å²) in [6.07, 6.45) is -0.598. The molecular formula is C21H17F3O4. The molecule has 146 valence electrons. The molecule has 0 radical (unpaired) electrons. The van der Waals surface area contributed by atoms with Gasteiger partial charge in [-0.2, -0.15) is 13.2 Å². The van der Waals surface area contributed by atoms with Gasteiger partial charge in [0.05, 0.1) is 18.2 Å². The molecule has 4 nitrogen and oxygen atoms in total. The maximum atomic E-state index is 13.0. The predicted octanol–water partition coefficient (Wildman–Crippen LogP) is 4.74. The number of rotatable bonds is 4. The first kappa shape index (κ1) is 19.7. The number of fused-ring (bicyclic) bond motifs is 1. The van der Waals surface area contributed by atoms with E-state index in [4.69, 9.17) is 4.74 Å². The lowest BCUT2D eigenvalue weighted by atomic mass is 9.95. The zero-order chi connectivity index (χ0) is 20.3. The van der Waals surface area contributed by atoms with Gasteiger partial charge >= 0.3 is 18.1 Å². The van der Waals surface area contributed by atoms with E-state index >= 15 is 0 Å². The van der Waals surface area contributed by atoms with Gasteiger partial charge in [0.15, 0.2) is 0 Å². The fraction of sp³-hybridized carbons (Fsp3) is 0.238. The first-order chi connectivity index (χ1) is 13.3. The summed E-state index contributed by atoms with van der Waals surface area (Å²) in [6, 6.07) is 9.05. The van der Waals surface area contributed by atoms with E-state index in [-0.39, 0.29) is 11.1 Å². The number of allylic oxidation sites excluding steroid dienone is 1. The number of ether oxygens (including phenoxy) is 2. The van der Waals surface area contributed by atoms with E-state index in [1.54, 1.807) is 18.2 Å². The van der Waals surface area contributed by atoms with Crippen molar-refractivity contribution >= 4 is 18.0 Å². The molecule has 0 amide bonds. The lowest BCUT2D eigenvalue weighted by molar-refractivity contribution is -0.151. The summed E-state index contributed by atoms with van der Waals surface area (Å²) in [6.45, 7) is 0. The number of hydrogen-bond acceptors (Lipinski definition) is 4. The molecule has 0 N–H and O–H groups in total. The molecule has 28 heavy (non-hydrogen) atoms. The van der Waals surface area contributed by atoms with Crippen LogP contribution < -0.4 is 0 Å². The summed E-state index contributed by atoms with van der Waals surface area (Å²) in [5.41, 5.74) is 1.11. The smallest absolute Gasteiger partial charge is 0.416 e. The lowest BCUT2D eigenvalue weighted by Crippen LogP contribution is -2.22. The zero-order valence-electron chi connectivity index (χ0n) is 15.0. The fourth-order valence-electron chi connectivity index (χ4n) is 2.97. The SMILES string of the molecule is COC(=O)C(OC(=O)c1ccc2c(c1)CCC=C2)c1cccc(C(F)(F)F)c1. The molecule has 0 aromatic heterocycles. The average molecular weight is 390 g/mol. The van der Waals surface area contributed by atoms with Crippen molar-refractivity contribution < 1.29 is 32.2 Å². The molecule has 0 saturated carbocycles. The van der Waals surface area contributed by atoms with Crippen molar-refractivity contribution in [3.8, 4) is 0 Å². The van der Waals surface area contributed by atoms with E-state index in [0.29, 0.717) is 0 Å². The second-order valence-electron chi connectivity index (χ2n) is 6.29. The molecule has 1 unspecified atom stereocenters. The van der Waals surface area contributed by atoms with Gasteiger partial charge in [0.25, 0.3) is 0 Å². The van der Waals surface area contributed by atoms with Crippen molar-refractivity contribution in [2.24, 2.45) is 0 Å². The van der Waals surface area contributed by atoms with Crippen molar-refractivity contribution in [1.82, 2.24) is 0 Å². The summed E-state index contributed by atoms with van der Waals surface area (Å²) in [4.78, 5) is 24.6. The van der Waals surface area contributed by atoms with Gasteiger partial charge in [-0.3, -0.25) is 0 Å². The summed E-state index contributed by atoms with van der Waals surface area (Å²) >= 11 is 0. The average Bonchev–Trinajstić information content (AvgIpc) is 2.70. The minimum absolute atomic E-state index is 0.115. The fourth-order valence-corrected chi connectivity index (χ4v) is 2.97. The van der Waals surface area contributed by atoms with E-state index in [2.05, 4.69) is 4.74 Å². The quantitative estimate of drug-likeness (QED) is 0.708. The molecule has 2 aromatic carbocycles. The molecule has 2 aromatic rings. The van der Waals surface area contributed by atoms with Gasteiger partial charge in [-0.15, -0.1) is 0 Å². The van der Waals surface area contributed by atoms with Crippen molar-refractivity contribution in [1.29, 1.82) is 0 Å². The second kappa shape index (κ2) is 7.88. The predicted molar refractivity (Wildman–Crippen MR) is 95.4 cm³/mol. The number of esters is 2. The van der Waals surface area contributed by atoms with E-state index in [0.717, 1.165) is 49.3 Å². The van der Waals surface area contributed by atoms with Gasteiger partial charge in [0.1, 0.15) is 0 Å². The minimum atomic E-state index is -4.59. The lowest BCUT2D eigenvalue weighted by Gasteiger charge is -2.18. The number of hydrogen-bond donors (Lipinski definition) is 0. The highest BCUT2D eigenvalue weighted by atomic mass is 19.4. The Kier molecular flexibility index (Phi) is 5.53. The Bertz CT molecular complexity index is 931. The van der Waals surface area contributed by atoms with E-state index < -0.39 is 29.8 Å². The first-order valence-electron chi connectivity index (χ1n) is 8.55. The Labute approximate surface area is 159 Å². The van der Waals surface area contributed by atoms with Gasteiger partial charge in [-0.05, 0) is 48.2 Å². The molecule has 0 bridgehead atoms. The van der Waals surface area contributed by atoms with Crippen LogP contribution in [0.4, 0.5) is 13.2 Å². The molecule has 0 saturated heterocycles. The number of benzene rings is 2. The Balaban J connectivity index is 1.88. The van der Waals surface area contributed by atoms with Crippen LogP contribution in [0.15, 0.2) is 48.5 Å². The summed E-state index contributed by atoms with van der Waals surface area (Å²) in [5, 5.41) is 0. The van der Waals surface area contributed by atoms with Crippen LogP contribution in [0.5, 0.6) is 0 Å². The van der Waals surface area contributed by atoms with Crippen LogP contribution in [0.1, 0.15) is 45.1 Å². The van der Waals surface area contributed by atoms with Crippen LogP contribution >= 0.6 is 0 Å². The van der Waals surface area contributed by atoms with Crippen molar-refractivity contribution in [3.05, 3.63) is 76.4 Å². The van der Waals surface area contributed by atoms with Gasteiger partial charge in [-0.25, -0.2) is 9.59 Å². The Morgan fingerprint density at radius 1 is 1.11 bits per heavy atom. The summed E-state index contributed by atoms with van der Waals surface area (Å²) in [5.74, 6) is -1.78. The molecule has 1 aliphatic rings. The third-order valence-corrected chi connectivity index (χ3v) is 4.41. The topological polar surface area (TPSA) is 52.6 Å². The van der Waals surface area contributed by atoms with Crippen LogP contribution in [0.2, 0.25) is 0 Å². The molecule has 7 heteroatoms. The number of carbonyl (C=O) groups excluding carboxylic acids is 2. The number of halogens is 3. The normalized spacial score (nSPS) is 14.1. The first-order valence-corrected chi connectivity index (χ1v) is 8.55. The van der Waals surface area contributed by atoms with Crippen molar-refractivity contribution in [3.63, 3.8) is 0 Å². The highest BCUT2D eigenvalue weighted by Gasteiger charge is 2.33. The Morgan fingerprint density at radius 2 is 1.89 bits per heavy atom. The van der Waals surface area contributed by atoms with Crippen LogP contribution in [-0.4, -0.2) is 19.0 Å². The molecule has 0 fully saturated rings. The van der Waals surface area contributed by atoms with E-state index in [1.165, 1.54) is 6.07 Å². The molecule has 1 aliphatic carbocycles.